The summed E-state index contributed by atoms with van der Waals surface area (Å²) < 4.78 is 42.9. The average molecular weight is 339 g/mol. The molecule has 0 radical (unpaired) electrons. The van der Waals surface area contributed by atoms with Crippen LogP contribution in [0, 0.1) is 0 Å². The van der Waals surface area contributed by atoms with Gasteiger partial charge in [0, 0.05) is 19.5 Å². The van der Waals surface area contributed by atoms with Gasteiger partial charge in [-0.15, -0.1) is 0 Å². The first-order valence-electron chi connectivity index (χ1n) is 7.69. The zero-order chi connectivity index (χ0) is 17.4. The molecule has 0 aliphatic carbocycles. The van der Waals surface area contributed by atoms with Crippen LogP contribution < -0.4 is 10.6 Å². The lowest BCUT2D eigenvalue weighted by Gasteiger charge is -2.11. The molecule has 0 unspecified atom stereocenters. The van der Waals surface area contributed by atoms with E-state index in [9.17, 15) is 13.2 Å². The number of nitrogens with zero attached hydrogens (tertiary/aromatic N) is 1. The number of nitrogens with one attached hydrogen (secondary N) is 2. The van der Waals surface area contributed by atoms with Crippen molar-refractivity contribution in [3.05, 3.63) is 59.5 Å². The van der Waals surface area contributed by atoms with Gasteiger partial charge in [-0.25, -0.2) is 4.99 Å². The van der Waals surface area contributed by atoms with Crippen LogP contribution in [0.5, 0.6) is 0 Å². The molecular formula is C17H20F3N3O. The summed E-state index contributed by atoms with van der Waals surface area (Å²) in [6.07, 6.45) is -1.97. The smallest absolute Gasteiger partial charge is 0.416 e. The SMILES string of the molecule is CCNC(=NCc1ccc(C(F)(F)F)cc1)NCCc1ccco1. The van der Waals surface area contributed by atoms with E-state index in [2.05, 4.69) is 15.6 Å². The highest BCUT2D eigenvalue weighted by molar-refractivity contribution is 5.79. The monoisotopic (exact) mass is 339 g/mol. The number of benzene rings is 1. The van der Waals surface area contributed by atoms with Crippen molar-refractivity contribution in [2.24, 2.45) is 4.99 Å². The normalized spacial score (nSPS) is 12.2. The molecule has 0 aliphatic rings. The molecule has 0 saturated heterocycles. The van der Waals surface area contributed by atoms with E-state index in [-0.39, 0.29) is 0 Å². The van der Waals surface area contributed by atoms with Crippen molar-refractivity contribution in [3.63, 3.8) is 0 Å². The second-order valence-corrected chi connectivity index (χ2v) is 5.15. The highest BCUT2D eigenvalue weighted by atomic mass is 19.4. The number of furan rings is 1. The van der Waals surface area contributed by atoms with Crippen LogP contribution in [0.2, 0.25) is 0 Å². The summed E-state index contributed by atoms with van der Waals surface area (Å²) in [6, 6.07) is 8.76. The lowest BCUT2D eigenvalue weighted by atomic mass is 10.1. The third-order valence-corrected chi connectivity index (χ3v) is 3.29. The molecule has 2 rings (SSSR count). The van der Waals surface area contributed by atoms with E-state index in [0.717, 1.165) is 24.3 Å². The van der Waals surface area contributed by atoms with Crippen molar-refractivity contribution < 1.29 is 17.6 Å². The van der Waals surface area contributed by atoms with Crippen LogP contribution in [0.15, 0.2) is 52.1 Å². The molecule has 7 heteroatoms. The number of halogens is 3. The Morgan fingerprint density at radius 1 is 1.12 bits per heavy atom. The van der Waals surface area contributed by atoms with Crippen LogP contribution in [-0.2, 0) is 19.1 Å². The lowest BCUT2D eigenvalue weighted by Crippen LogP contribution is -2.38. The first-order valence-corrected chi connectivity index (χ1v) is 7.69. The molecule has 0 bridgehead atoms. The Morgan fingerprint density at radius 3 is 2.46 bits per heavy atom. The summed E-state index contributed by atoms with van der Waals surface area (Å²) >= 11 is 0. The van der Waals surface area contributed by atoms with Gasteiger partial charge in [0.15, 0.2) is 5.96 Å². The summed E-state index contributed by atoms with van der Waals surface area (Å²) in [4.78, 5) is 4.38. The second kappa shape index (κ2) is 8.42. The minimum atomic E-state index is -4.32. The van der Waals surface area contributed by atoms with Crippen LogP contribution in [0.1, 0.15) is 23.8 Å². The molecule has 0 spiro atoms. The predicted molar refractivity (Wildman–Crippen MR) is 86.7 cm³/mol. The van der Waals surface area contributed by atoms with Crippen LogP contribution in [0.4, 0.5) is 13.2 Å². The summed E-state index contributed by atoms with van der Waals surface area (Å²) in [5.74, 6) is 1.49. The maximum absolute atomic E-state index is 12.5. The standard InChI is InChI=1S/C17H20F3N3O/c1-2-21-16(22-10-9-15-4-3-11-24-15)23-12-13-5-7-14(8-6-13)17(18,19)20/h3-8,11H,2,9-10,12H2,1H3,(H2,21,22,23). The Balaban J connectivity index is 1.89. The maximum atomic E-state index is 12.5. The molecule has 0 amide bonds. The van der Waals surface area contributed by atoms with Gasteiger partial charge in [0.05, 0.1) is 18.4 Å². The van der Waals surface area contributed by atoms with Crippen LogP contribution in [0.25, 0.3) is 0 Å². The van der Waals surface area contributed by atoms with Gasteiger partial charge in [-0.3, -0.25) is 0 Å². The molecular weight excluding hydrogens is 319 g/mol. The van der Waals surface area contributed by atoms with Crippen molar-refractivity contribution >= 4 is 5.96 Å². The lowest BCUT2D eigenvalue weighted by molar-refractivity contribution is -0.137. The molecule has 1 heterocycles. The topological polar surface area (TPSA) is 49.6 Å². The van der Waals surface area contributed by atoms with Gasteiger partial charge in [0.2, 0.25) is 0 Å². The number of alkyl halides is 3. The number of hydrogen-bond donors (Lipinski definition) is 2. The molecule has 130 valence electrons. The van der Waals surface area contributed by atoms with E-state index in [0.29, 0.717) is 31.2 Å². The minimum Gasteiger partial charge on any atom is -0.469 e. The van der Waals surface area contributed by atoms with Crippen LogP contribution in [0.3, 0.4) is 0 Å². The highest BCUT2D eigenvalue weighted by Crippen LogP contribution is 2.29. The Bertz CT molecular complexity index is 634. The first kappa shape index (κ1) is 17.9. The average Bonchev–Trinajstić information content (AvgIpc) is 3.05. The number of hydrogen-bond acceptors (Lipinski definition) is 2. The van der Waals surface area contributed by atoms with Gasteiger partial charge >= 0.3 is 6.18 Å². The first-order chi connectivity index (χ1) is 11.5. The fraction of sp³-hybridized carbons (Fsp3) is 0.353. The van der Waals surface area contributed by atoms with E-state index < -0.39 is 11.7 Å². The Labute approximate surface area is 138 Å². The molecule has 0 atom stereocenters. The van der Waals surface area contributed by atoms with Gasteiger partial charge in [0.1, 0.15) is 5.76 Å². The quantitative estimate of drug-likeness (QED) is 0.624. The maximum Gasteiger partial charge on any atom is 0.416 e. The van der Waals surface area contributed by atoms with Crippen molar-refractivity contribution in [2.75, 3.05) is 13.1 Å². The molecule has 2 aromatic rings. The van der Waals surface area contributed by atoms with Crippen LogP contribution in [-0.4, -0.2) is 19.0 Å². The Kier molecular flexibility index (Phi) is 6.28. The fourth-order valence-electron chi connectivity index (χ4n) is 2.07. The van der Waals surface area contributed by atoms with E-state index in [1.54, 1.807) is 6.26 Å². The van der Waals surface area contributed by atoms with Gasteiger partial charge < -0.3 is 15.1 Å². The second-order valence-electron chi connectivity index (χ2n) is 5.15. The van der Waals surface area contributed by atoms with Gasteiger partial charge in [-0.2, -0.15) is 13.2 Å². The number of rotatable bonds is 6. The van der Waals surface area contributed by atoms with Crippen molar-refractivity contribution in [2.45, 2.75) is 26.1 Å². The molecule has 0 fully saturated rings. The van der Waals surface area contributed by atoms with Crippen molar-refractivity contribution in [3.8, 4) is 0 Å². The third kappa shape index (κ3) is 5.64. The zero-order valence-electron chi connectivity index (χ0n) is 13.4. The largest absolute Gasteiger partial charge is 0.469 e. The van der Waals surface area contributed by atoms with Gasteiger partial charge in [0.25, 0.3) is 0 Å². The third-order valence-electron chi connectivity index (χ3n) is 3.29. The van der Waals surface area contributed by atoms with E-state index in [1.165, 1.54) is 12.1 Å². The van der Waals surface area contributed by atoms with Crippen molar-refractivity contribution in [1.82, 2.24) is 10.6 Å². The Morgan fingerprint density at radius 2 is 1.88 bits per heavy atom. The molecule has 1 aromatic carbocycles. The van der Waals surface area contributed by atoms with E-state index in [1.807, 2.05) is 19.1 Å². The summed E-state index contributed by atoms with van der Waals surface area (Å²) in [5.41, 5.74) is 0.0601. The summed E-state index contributed by atoms with van der Waals surface area (Å²) in [7, 11) is 0. The molecule has 24 heavy (non-hydrogen) atoms. The summed E-state index contributed by atoms with van der Waals surface area (Å²) in [5, 5.41) is 6.26. The van der Waals surface area contributed by atoms with Gasteiger partial charge in [-0.1, -0.05) is 12.1 Å². The fourth-order valence-corrected chi connectivity index (χ4v) is 2.07. The molecule has 1 aromatic heterocycles. The van der Waals surface area contributed by atoms with Crippen LogP contribution >= 0.6 is 0 Å². The zero-order valence-corrected chi connectivity index (χ0v) is 13.4. The highest BCUT2D eigenvalue weighted by Gasteiger charge is 2.29. The van der Waals surface area contributed by atoms with E-state index in [4.69, 9.17) is 4.42 Å². The molecule has 4 nitrogen and oxygen atoms in total. The number of guanidine groups is 1. The number of aliphatic imine (C=N–C) groups is 1. The predicted octanol–water partition coefficient (Wildman–Crippen LogP) is 3.60. The van der Waals surface area contributed by atoms with Crippen molar-refractivity contribution in [1.29, 1.82) is 0 Å². The van der Waals surface area contributed by atoms with E-state index >= 15 is 0 Å². The summed E-state index contributed by atoms with van der Waals surface area (Å²) in [6.45, 7) is 3.59. The van der Waals surface area contributed by atoms with Gasteiger partial charge in [-0.05, 0) is 36.8 Å². The Hall–Kier alpha value is -2.44. The minimum absolute atomic E-state index is 0.300. The molecule has 0 saturated carbocycles. The molecule has 0 aliphatic heterocycles. The molecule has 2 N–H and O–H groups in total.